The van der Waals surface area contributed by atoms with Gasteiger partial charge in [-0.3, -0.25) is 0 Å². The Labute approximate surface area is 134 Å². The Bertz CT molecular complexity index is 859. The monoisotopic (exact) mass is 308 g/mol. The molecule has 23 heavy (non-hydrogen) atoms. The van der Waals surface area contributed by atoms with E-state index in [1.807, 2.05) is 18.3 Å². The van der Waals surface area contributed by atoms with Crippen molar-refractivity contribution in [2.24, 2.45) is 0 Å². The van der Waals surface area contributed by atoms with Crippen molar-refractivity contribution in [2.75, 3.05) is 6.61 Å². The number of halogens is 1. The largest absolute Gasteiger partial charge is 0.492 e. The Morgan fingerprint density at radius 1 is 1.17 bits per heavy atom. The summed E-state index contributed by atoms with van der Waals surface area (Å²) in [4.78, 5) is 0. The van der Waals surface area contributed by atoms with Gasteiger partial charge in [0.15, 0.2) is 0 Å². The number of benzene rings is 2. The van der Waals surface area contributed by atoms with E-state index in [4.69, 9.17) is 4.74 Å². The summed E-state index contributed by atoms with van der Waals surface area (Å²) in [5, 5.41) is 10.3. The minimum absolute atomic E-state index is 0.278. The molecule has 0 aliphatic rings. The summed E-state index contributed by atoms with van der Waals surface area (Å²) < 4.78 is 20.6. The number of ether oxygens (including phenoxy) is 1. The lowest BCUT2D eigenvalue weighted by Gasteiger charge is -2.10. The van der Waals surface area contributed by atoms with E-state index in [1.54, 1.807) is 12.1 Å². The number of fused-ring (bicyclic) bond motifs is 1. The van der Waals surface area contributed by atoms with Crippen molar-refractivity contribution in [2.45, 2.75) is 19.9 Å². The van der Waals surface area contributed by atoms with Crippen LogP contribution in [0, 0.1) is 17.1 Å². The van der Waals surface area contributed by atoms with E-state index in [0.717, 1.165) is 17.3 Å². The van der Waals surface area contributed by atoms with Gasteiger partial charge in [0, 0.05) is 11.6 Å². The van der Waals surface area contributed by atoms with Crippen LogP contribution in [0.15, 0.2) is 48.7 Å². The predicted octanol–water partition coefficient (Wildman–Crippen LogP) is 4.29. The number of nitriles is 1. The second kappa shape index (κ2) is 6.53. The maximum Gasteiger partial charge on any atom is 0.123 e. The SMILES string of the molecule is CCc1cccc2c(C#N)cn(CCOc3ccc(F)cc3)c12. The van der Waals surface area contributed by atoms with Crippen LogP contribution in [0.4, 0.5) is 4.39 Å². The fraction of sp³-hybridized carbons (Fsp3) is 0.211. The van der Waals surface area contributed by atoms with Gasteiger partial charge in [-0.2, -0.15) is 5.26 Å². The fourth-order valence-electron chi connectivity index (χ4n) is 2.78. The summed E-state index contributed by atoms with van der Waals surface area (Å²) in [7, 11) is 0. The van der Waals surface area contributed by atoms with E-state index < -0.39 is 0 Å². The highest BCUT2D eigenvalue weighted by Crippen LogP contribution is 2.25. The smallest absolute Gasteiger partial charge is 0.123 e. The standard InChI is InChI=1S/C19H17FN2O/c1-2-14-4-3-5-18-15(12-21)13-22(19(14)18)10-11-23-17-8-6-16(20)7-9-17/h3-9,13H,2,10-11H2,1H3. The summed E-state index contributed by atoms with van der Waals surface area (Å²) in [6.07, 6.45) is 2.78. The van der Waals surface area contributed by atoms with Crippen molar-refractivity contribution in [3.05, 3.63) is 65.6 Å². The van der Waals surface area contributed by atoms with Crippen molar-refractivity contribution in [3.8, 4) is 11.8 Å². The molecule has 0 spiro atoms. The molecule has 0 atom stereocenters. The van der Waals surface area contributed by atoms with Crippen LogP contribution in [0.3, 0.4) is 0 Å². The third-order valence-corrected chi connectivity index (χ3v) is 3.90. The van der Waals surface area contributed by atoms with Gasteiger partial charge in [0.25, 0.3) is 0 Å². The van der Waals surface area contributed by atoms with E-state index in [1.165, 1.54) is 17.7 Å². The van der Waals surface area contributed by atoms with Crippen molar-refractivity contribution >= 4 is 10.9 Å². The number of aryl methyl sites for hydroxylation is 1. The molecule has 1 aromatic heterocycles. The highest BCUT2D eigenvalue weighted by molar-refractivity contribution is 5.89. The summed E-state index contributed by atoms with van der Waals surface area (Å²) in [6.45, 7) is 3.19. The summed E-state index contributed by atoms with van der Waals surface area (Å²) in [5.41, 5.74) is 2.98. The number of nitrogens with zero attached hydrogens (tertiary/aromatic N) is 2. The maximum absolute atomic E-state index is 12.9. The molecule has 116 valence electrons. The molecule has 1 heterocycles. The maximum atomic E-state index is 12.9. The van der Waals surface area contributed by atoms with Gasteiger partial charge >= 0.3 is 0 Å². The summed E-state index contributed by atoms with van der Waals surface area (Å²) in [6, 6.07) is 14.3. The number of rotatable bonds is 5. The fourth-order valence-corrected chi connectivity index (χ4v) is 2.78. The first kappa shape index (κ1) is 15.1. The average Bonchev–Trinajstić information content (AvgIpc) is 2.95. The molecule has 0 aliphatic carbocycles. The van der Waals surface area contributed by atoms with Gasteiger partial charge in [0.1, 0.15) is 24.2 Å². The minimum atomic E-state index is -0.278. The van der Waals surface area contributed by atoms with E-state index in [2.05, 4.69) is 23.6 Å². The van der Waals surface area contributed by atoms with Gasteiger partial charge in [-0.25, -0.2) is 4.39 Å². The normalized spacial score (nSPS) is 10.7. The average molecular weight is 308 g/mol. The molecule has 0 saturated carbocycles. The van der Waals surface area contributed by atoms with Crippen LogP contribution in [-0.2, 0) is 13.0 Å². The van der Waals surface area contributed by atoms with E-state index >= 15 is 0 Å². The van der Waals surface area contributed by atoms with E-state index in [9.17, 15) is 9.65 Å². The molecule has 0 amide bonds. The van der Waals surface area contributed by atoms with Gasteiger partial charge < -0.3 is 9.30 Å². The van der Waals surface area contributed by atoms with Gasteiger partial charge in [-0.05, 0) is 36.2 Å². The van der Waals surface area contributed by atoms with Gasteiger partial charge in [0.2, 0.25) is 0 Å². The van der Waals surface area contributed by atoms with Crippen molar-refractivity contribution in [3.63, 3.8) is 0 Å². The number of hydrogen-bond donors (Lipinski definition) is 0. The second-order valence-electron chi connectivity index (χ2n) is 5.32. The molecule has 0 N–H and O–H groups in total. The first-order chi connectivity index (χ1) is 11.2. The summed E-state index contributed by atoms with van der Waals surface area (Å²) in [5.74, 6) is 0.360. The van der Waals surface area contributed by atoms with E-state index in [-0.39, 0.29) is 5.82 Å². The van der Waals surface area contributed by atoms with Crippen LogP contribution in [0.1, 0.15) is 18.1 Å². The Morgan fingerprint density at radius 2 is 1.96 bits per heavy atom. The van der Waals surface area contributed by atoms with Crippen molar-refractivity contribution in [1.29, 1.82) is 5.26 Å². The molecule has 3 nitrogen and oxygen atoms in total. The highest BCUT2D eigenvalue weighted by Gasteiger charge is 2.11. The molecule has 4 heteroatoms. The molecule has 0 bridgehead atoms. The zero-order chi connectivity index (χ0) is 16.2. The summed E-state index contributed by atoms with van der Waals surface area (Å²) >= 11 is 0. The molecule has 0 radical (unpaired) electrons. The Balaban J connectivity index is 1.82. The number of para-hydroxylation sites is 1. The zero-order valence-corrected chi connectivity index (χ0v) is 12.9. The van der Waals surface area contributed by atoms with Crippen molar-refractivity contribution in [1.82, 2.24) is 4.57 Å². The Kier molecular flexibility index (Phi) is 4.29. The predicted molar refractivity (Wildman–Crippen MR) is 87.9 cm³/mol. The molecular formula is C19H17FN2O. The molecule has 2 aromatic carbocycles. The molecule has 3 aromatic rings. The van der Waals surface area contributed by atoms with Crippen LogP contribution in [0.25, 0.3) is 10.9 Å². The lowest BCUT2D eigenvalue weighted by molar-refractivity contribution is 0.300. The van der Waals surface area contributed by atoms with Gasteiger partial charge in [-0.1, -0.05) is 25.1 Å². The van der Waals surface area contributed by atoms with Gasteiger partial charge in [-0.15, -0.1) is 0 Å². The quantitative estimate of drug-likeness (QED) is 0.705. The Morgan fingerprint density at radius 3 is 2.65 bits per heavy atom. The highest BCUT2D eigenvalue weighted by atomic mass is 19.1. The van der Waals surface area contributed by atoms with Crippen LogP contribution in [0.5, 0.6) is 5.75 Å². The molecule has 0 unspecified atom stereocenters. The molecule has 0 saturated heterocycles. The first-order valence-electron chi connectivity index (χ1n) is 7.62. The third-order valence-electron chi connectivity index (χ3n) is 3.90. The molecule has 3 rings (SSSR count). The lowest BCUT2D eigenvalue weighted by atomic mass is 10.1. The second-order valence-corrected chi connectivity index (χ2v) is 5.32. The zero-order valence-electron chi connectivity index (χ0n) is 12.9. The van der Waals surface area contributed by atoms with Crippen molar-refractivity contribution < 1.29 is 9.13 Å². The molecule has 0 aliphatic heterocycles. The first-order valence-corrected chi connectivity index (χ1v) is 7.62. The van der Waals surface area contributed by atoms with Crippen LogP contribution in [-0.4, -0.2) is 11.2 Å². The number of hydrogen-bond acceptors (Lipinski definition) is 2. The number of aromatic nitrogens is 1. The topological polar surface area (TPSA) is 38.0 Å². The van der Waals surface area contributed by atoms with Crippen LogP contribution < -0.4 is 4.74 Å². The van der Waals surface area contributed by atoms with Crippen LogP contribution >= 0.6 is 0 Å². The minimum Gasteiger partial charge on any atom is -0.492 e. The van der Waals surface area contributed by atoms with E-state index in [0.29, 0.717) is 24.5 Å². The molecule has 0 fully saturated rings. The lowest BCUT2D eigenvalue weighted by Crippen LogP contribution is -2.08. The van der Waals surface area contributed by atoms with Crippen LogP contribution in [0.2, 0.25) is 0 Å². The van der Waals surface area contributed by atoms with Gasteiger partial charge in [0.05, 0.1) is 17.6 Å². The third kappa shape index (κ3) is 3.04. The molecular weight excluding hydrogens is 291 g/mol. The Hall–Kier alpha value is -2.80.